The molecule has 31 heavy (non-hydrogen) atoms. The number of hydrogen-bond acceptors (Lipinski definition) is 8. The van der Waals surface area contributed by atoms with Crippen LogP contribution in [-0.2, 0) is 4.79 Å². The highest BCUT2D eigenvalue weighted by Crippen LogP contribution is 2.32. The van der Waals surface area contributed by atoms with Gasteiger partial charge in [-0.25, -0.2) is 15.3 Å². The number of aromatic nitrogens is 3. The molecule has 0 saturated carbocycles. The molecule has 0 fully saturated rings. The molecule has 0 radical (unpaired) electrons. The van der Waals surface area contributed by atoms with Crippen molar-refractivity contribution in [3.05, 3.63) is 80.5 Å². The van der Waals surface area contributed by atoms with Crippen molar-refractivity contribution >= 4 is 23.9 Å². The third kappa shape index (κ3) is 5.60. The zero-order valence-electron chi connectivity index (χ0n) is 16.4. The van der Waals surface area contributed by atoms with Gasteiger partial charge in [0.05, 0.1) is 12.8 Å². The molecule has 3 rings (SSSR count). The Kier molecular flexibility index (Phi) is 7.22. The number of hydrazone groups is 1. The number of carbonyl (C=O) groups is 1. The van der Waals surface area contributed by atoms with E-state index in [4.69, 9.17) is 4.74 Å². The van der Waals surface area contributed by atoms with Crippen LogP contribution in [0.15, 0.2) is 68.2 Å². The average Bonchev–Trinajstić information content (AvgIpc) is 2.76. The molecule has 0 saturated heterocycles. The Morgan fingerprint density at radius 3 is 2.74 bits per heavy atom. The Labute approximate surface area is 180 Å². The third-order valence-corrected chi connectivity index (χ3v) is 5.18. The fraction of sp³-hybridized carbons (Fsp3) is 0.150. The summed E-state index contributed by atoms with van der Waals surface area (Å²) in [5, 5.41) is 19.0. The number of rotatable bonds is 8. The normalized spacial score (nSPS) is 11.9. The SMILES string of the molecule is CCOc1cccc(/C=N\NC(=O)C(Sc2n[nH]c(=O)[nH]c2=O)c2ccccc2)c1O. The summed E-state index contributed by atoms with van der Waals surface area (Å²) in [6.45, 7) is 2.18. The predicted octanol–water partition coefficient (Wildman–Crippen LogP) is 1.55. The molecule has 10 nitrogen and oxygen atoms in total. The lowest BCUT2D eigenvalue weighted by Gasteiger charge is -2.14. The summed E-state index contributed by atoms with van der Waals surface area (Å²) in [6.07, 6.45) is 1.29. The standard InChI is InChI=1S/C20H19N5O5S/c1-2-30-14-10-6-9-13(15(14)26)11-21-23-17(27)16(12-7-4-3-5-8-12)31-19-18(28)22-20(29)25-24-19/h3-11,16,26H,2H2,1H3,(H,23,27)(H2,22,25,28,29)/b21-11-. The number of benzene rings is 2. The van der Waals surface area contributed by atoms with Crippen LogP contribution in [0.25, 0.3) is 0 Å². The van der Waals surface area contributed by atoms with Crippen molar-refractivity contribution in [1.82, 2.24) is 20.6 Å². The van der Waals surface area contributed by atoms with Crippen molar-refractivity contribution < 1.29 is 14.6 Å². The van der Waals surface area contributed by atoms with E-state index in [9.17, 15) is 19.5 Å². The van der Waals surface area contributed by atoms with E-state index in [-0.39, 0.29) is 10.8 Å². The number of H-pyrrole nitrogens is 2. The first-order valence-electron chi connectivity index (χ1n) is 9.18. The lowest BCUT2D eigenvalue weighted by atomic mass is 10.1. The molecule has 0 aliphatic carbocycles. The zero-order valence-corrected chi connectivity index (χ0v) is 17.2. The predicted molar refractivity (Wildman–Crippen MR) is 116 cm³/mol. The summed E-state index contributed by atoms with van der Waals surface area (Å²) in [7, 11) is 0. The highest BCUT2D eigenvalue weighted by Gasteiger charge is 2.24. The molecule has 1 amide bonds. The summed E-state index contributed by atoms with van der Waals surface area (Å²) in [6, 6.07) is 13.6. The number of phenols is 1. The van der Waals surface area contributed by atoms with E-state index in [2.05, 4.69) is 25.7 Å². The molecule has 1 heterocycles. The monoisotopic (exact) mass is 441 g/mol. The highest BCUT2D eigenvalue weighted by atomic mass is 32.2. The van der Waals surface area contributed by atoms with E-state index in [1.807, 2.05) is 0 Å². The van der Waals surface area contributed by atoms with Gasteiger partial charge in [-0.1, -0.05) is 48.2 Å². The molecule has 3 aromatic rings. The number of nitrogens with one attached hydrogen (secondary N) is 3. The van der Waals surface area contributed by atoms with E-state index >= 15 is 0 Å². The largest absolute Gasteiger partial charge is 0.504 e. The fourth-order valence-corrected chi connectivity index (χ4v) is 3.50. The first kappa shape index (κ1) is 21.8. The Hall–Kier alpha value is -3.86. The quantitative estimate of drug-likeness (QED) is 0.235. The number of nitrogens with zero attached hydrogens (tertiary/aromatic N) is 2. The summed E-state index contributed by atoms with van der Waals surface area (Å²) < 4.78 is 5.32. The molecule has 1 atom stereocenters. The van der Waals surface area contributed by atoms with Crippen molar-refractivity contribution in [2.24, 2.45) is 5.10 Å². The maximum absolute atomic E-state index is 12.8. The van der Waals surface area contributed by atoms with Crippen LogP contribution in [0.2, 0.25) is 0 Å². The molecular formula is C20H19N5O5S. The van der Waals surface area contributed by atoms with Gasteiger partial charge < -0.3 is 9.84 Å². The molecule has 11 heteroatoms. The number of hydrogen-bond donors (Lipinski definition) is 4. The number of aromatic hydroxyl groups is 1. The lowest BCUT2D eigenvalue weighted by molar-refractivity contribution is -0.120. The zero-order chi connectivity index (χ0) is 22.2. The first-order valence-corrected chi connectivity index (χ1v) is 10.1. The first-order chi connectivity index (χ1) is 15.0. The van der Waals surface area contributed by atoms with Crippen LogP contribution in [0.3, 0.4) is 0 Å². The van der Waals surface area contributed by atoms with Crippen LogP contribution in [0, 0.1) is 0 Å². The van der Waals surface area contributed by atoms with Crippen molar-refractivity contribution in [2.45, 2.75) is 17.2 Å². The molecule has 0 aliphatic heterocycles. The molecule has 1 aromatic heterocycles. The molecule has 4 N–H and O–H groups in total. The molecule has 1 unspecified atom stereocenters. The highest BCUT2D eigenvalue weighted by molar-refractivity contribution is 8.00. The Morgan fingerprint density at radius 2 is 2.03 bits per heavy atom. The minimum atomic E-state index is -0.874. The van der Waals surface area contributed by atoms with Crippen molar-refractivity contribution in [2.75, 3.05) is 6.61 Å². The Morgan fingerprint density at radius 1 is 1.26 bits per heavy atom. The maximum Gasteiger partial charge on any atom is 0.342 e. The van der Waals surface area contributed by atoms with Gasteiger partial charge in [-0.3, -0.25) is 14.6 Å². The summed E-state index contributed by atoms with van der Waals surface area (Å²) in [4.78, 5) is 38.1. The van der Waals surface area contributed by atoms with E-state index in [0.29, 0.717) is 23.5 Å². The average molecular weight is 441 g/mol. The fourth-order valence-electron chi connectivity index (χ4n) is 2.57. The van der Waals surface area contributed by atoms with Crippen LogP contribution in [0.5, 0.6) is 11.5 Å². The minimum absolute atomic E-state index is 0.0744. The topological polar surface area (TPSA) is 150 Å². The molecule has 0 aliphatic rings. The summed E-state index contributed by atoms with van der Waals surface area (Å²) in [5.41, 5.74) is 1.92. The van der Waals surface area contributed by atoms with Gasteiger partial charge in [-0.2, -0.15) is 10.2 Å². The van der Waals surface area contributed by atoms with Crippen LogP contribution in [-0.4, -0.2) is 39.0 Å². The molecule has 160 valence electrons. The molecule has 2 aromatic carbocycles. The second-order valence-electron chi connectivity index (χ2n) is 6.08. The maximum atomic E-state index is 12.8. The summed E-state index contributed by atoms with van der Waals surface area (Å²) in [5.74, 6) is -0.320. The number of ether oxygens (including phenoxy) is 1. The van der Waals surface area contributed by atoms with Gasteiger partial charge in [-0.15, -0.1) is 0 Å². The van der Waals surface area contributed by atoms with Crippen molar-refractivity contribution in [3.63, 3.8) is 0 Å². The molecule has 0 spiro atoms. The van der Waals surface area contributed by atoms with Gasteiger partial charge in [0.2, 0.25) is 0 Å². The third-order valence-electron chi connectivity index (χ3n) is 3.96. The van der Waals surface area contributed by atoms with E-state index < -0.39 is 22.4 Å². The van der Waals surface area contributed by atoms with Gasteiger partial charge in [-0.05, 0) is 24.6 Å². The van der Waals surface area contributed by atoms with Crippen molar-refractivity contribution in [1.29, 1.82) is 0 Å². The number of para-hydroxylation sites is 1. The van der Waals surface area contributed by atoms with E-state index in [1.54, 1.807) is 55.5 Å². The second kappa shape index (κ2) is 10.3. The van der Waals surface area contributed by atoms with E-state index in [1.165, 1.54) is 6.21 Å². The number of aromatic amines is 2. The number of carbonyl (C=O) groups excluding carboxylic acids is 1. The smallest absolute Gasteiger partial charge is 0.342 e. The van der Waals surface area contributed by atoms with Gasteiger partial charge in [0.15, 0.2) is 16.5 Å². The van der Waals surface area contributed by atoms with Crippen LogP contribution >= 0.6 is 11.8 Å². The minimum Gasteiger partial charge on any atom is -0.504 e. The number of amides is 1. The van der Waals surface area contributed by atoms with Crippen LogP contribution in [0.1, 0.15) is 23.3 Å². The van der Waals surface area contributed by atoms with Gasteiger partial charge >= 0.3 is 5.69 Å². The van der Waals surface area contributed by atoms with Crippen LogP contribution < -0.4 is 21.4 Å². The van der Waals surface area contributed by atoms with Crippen molar-refractivity contribution in [3.8, 4) is 11.5 Å². The van der Waals surface area contributed by atoms with Gasteiger partial charge in [0.25, 0.3) is 11.5 Å². The van der Waals surface area contributed by atoms with Gasteiger partial charge in [0.1, 0.15) is 5.25 Å². The van der Waals surface area contributed by atoms with Gasteiger partial charge in [0, 0.05) is 5.56 Å². The Balaban J connectivity index is 1.81. The molecule has 0 bridgehead atoms. The van der Waals surface area contributed by atoms with Crippen LogP contribution in [0.4, 0.5) is 0 Å². The Bertz CT molecular complexity index is 1190. The number of thioether (sulfide) groups is 1. The molecular weight excluding hydrogens is 422 g/mol. The number of phenolic OH excluding ortho intramolecular Hbond substituents is 1. The summed E-state index contributed by atoms with van der Waals surface area (Å²) >= 11 is 0.863. The second-order valence-corrected chi connectivity index (χ2v) is 7.18. The van der Waals surface area contributed by atoms with E-state index in [0.717, 1.165) is 11.8 Å². The lowest BCUT2D eigenvalue weighted by Crippen LogP contribution is -2.28.